The summed E-state index contributed by atoms with van der Waals surface area (Å²) in [7, 11) is 3.69. The summed E-state index contributed by atoms with van der Waals surface area (Å²) in [6.45, 7) is 7.99. The van der Waals surface area contributed by atoms with Crippen molar-refractivity contribution in [3.05, 3.63) is 35.5 Å². The van der Waals surface area contributed by atoms with Gasteiger partial charge in [0.05, 0.1) is 0 Å². The largest absolute Gasteiger partial charge is 0.385 e. The minimum Gasteiger partial charge on any atom is -0.385 e. The number of methoxy groups -OCH3 is 1. The molecule has 1 fully saturated rings. The van der Waals surface area contributed by atoms with Crippen LogP contribution in [0, 0.1) is 13.8 Å². The number of hydrogen-bond donors (Lipinski definition) is 2. The molecule has 1 aliphatic rings. The van der Waals surface area contributed by atoms with Crippen LogP contribution in [0.2, 0.25) is 0 Å². The number of pyridine rings is 1. The smallest absolute Gasteiger partial charge is 0.191 e. The molecule has 3 rings (SSSR count). The minimum atomic E-state index is 0.376. The Morgan fingerprint density at radius 2 is 2.03 bits per heavy atom. The highest BCUT2D eigenvalue weighted by Gasteiger charge is 2.21. The summed E-state index contributed by atoms with van der Waals surface area (Å²) in [5, 5.41) is 15.4. The number of ether oxygens (including phenoxy) is 1. The van der Waals surface area contributed by atoms with Crippen LogP contribution >= 0.6 is 0 Å². The molecule has 9 nitrogen and oxygen atoms in total. The van der Waals surface area contributed by atoms with Crippen molar-refractivity contribution in [2.75, 3.05) is 38.3 Å². The average molecular weight is 415 g/mol. The lowest BCUT2D eigenvalue weighted by atomic mass is 10.1. The van der Waals surface area contributed by atoms with Crippen molar-refractivity contribution in [1.82, 2.24) is 30.4 Å². The van der Waals surface area contributed by atoms with Crippen LogP contribution in [-0.2, 0) is 18.3 Å². The maximum atomic E-state index is 5.15. The summed E-state index contributed by atoms with van der Waals surface area (Å²) in [5.41, 5.74) is 1.19. The first kappa shape index (κ1) is 22.0. The first-order chi connectivity index (χ1) is 14.6. The predicted octanol–water partition coefficient (Wildman–Crippen LogP) is 1.57. The lowest BCUT2D eigenvalue weighted by Gasteiger charge is -2.34. The predicted molar refractivity (Wildman–Crippen MR) is 119 cm³/mol. The summed E-state index contributed by atoms with van der Waals surface area (Å²) in [5.74, 6) is 3.62. The molecule has 0 radical (unpaired) electrons. The van der Waals surface area contributed by atoms with Crippen LogP contribution in [0.4, 0.5) is 5.82 Å². The Kier molecular flexibility index (Phi) is 8.01. The fourth-order valence-corrected chi connectivity index (χ4v) is 3.41. The van der Waals surface area contributed by atoms with Crippen molar-refractivity contribution in [2.24, 2.45) is 12.0 Å². The molecule has 1 saturated heterocycles. The van der Waals surface area contributed by atoms with Gasteiger partial charge in [-0.2, -0.15) is 0 Å². The first-order valence-corrected chi connectivity index (χ1v) is 10.6. The monoisotopic (exact) mass is 414 g/mol. The Morgan fingerprint density at radius 1 is 1.23 bits per heavy atom. The van der Waals surface area contributed by atoms with Crippen molar-refractivity contribution in [3.8, 4) is 0 Å². The quantitative estimate of drug-likeness (QED) is 0.385. The second-order valence-electron chi connectivity index (χ2n) is 7.76. The second-order valence-corrected chi connectivity index (χ2v) is 7.76. The van der Waals surface area contributed by atoms with Gasteiger partial charge in [-0.1, -0.05) is 6.07 Å². The van der Waals surface area contributed by atoms with E-state index in [1.807, 2.05) is 24.7 Å². The van der Waals surface area contributed by atoms with Gasteiger partial charge in [0.15, 0.2) is 11.8 Å². The molecule has 2 N–H and O–H groups in total. The van der Waals surface area contributed by atoms with Crippen LogP contribution in [-0.4, -0.2) is 65.1 Å². The van der Waals surface area contributed by atoms with Gasteiger partial charge in [0.2, 0.25) is 0 Å². The van der Waals surface area contributed by atoms with Crippen LogP contribution < -0.4 is 15.5 Å². The number of aromatic nitrogens is 4. The molecule has 3 heterocycles. The standard InChI is InChI=1S/C21H34N8O/c1-16-6-7-19(23-14-16)29-11-8-18(9-12-29)25-21(22-10-5-13-30-4)24-15-20-27-26-17(2)28(20)3/h6-7,14,18H,5,8-13,15H2,1-4H3,(H2,22,24,25). The molecule has 9 heteroatoms. The molecular weight excluding hydrogens is 380 g/mol. The van der Waals surface area contributed by atoms with Crippen LogP contribution in [0.5, 0.6) is 0 Å². The molecule has 0 amide bonds. The van der Waals surface area contributed by atoms with Gasteiger partial charge in [0.1, 0.15) is 18.2 Å². The topological polar surface area (TPSA) is 92.5 Å². The van der Waals surface area contributed by atoms with Crippen molar-refractivity contribution in [3.63, 3.8) is 0 Å². The zero-order chi connectivity index (χ0) is 21.3. The molecule has 0 aromatic carbocycles. The lowest BCUT2D eigenvalue weighted by Crippen LogP contribution is -2.49. The van der Waals surface area contributed by atoms with E-state index in [0.29, 0.717) is 12.6 Å². The summed E-state index contributed by atoms with van der Waals surface area (Å²) in [4.78, 5) is 11.7. The number of rotatable bonds is 8. The third-order valence-corrected chi connectivity index (χ3v) is 5.43. The molecular formula is C21H34N8O. The van der Waals surface area contributed by atoms with E-state index >= 15 is 0 Å². The van der Waals surface area contributed by atoms with E-state index in [0.717, 1.165) is 68.9 Å². The Balaban J connectivity index is 1.56. The highest BCUT2D eigenvalue weighted by atomic mass is 16.5. The number of piperidine rings is 1. The number of anilines is 1. The van der Waals surface area contributed by atoms with Gasteiger partial charge in [0.25, 0.3) is 0 Å². The number of hydrogen-bond acceptors (Lipinski definition) is 6. The van der Waals surface area contributed by atoms with E-state index in [-0.39, 0.29) is 0 Å². The number of aryl methyl sites for hydroxylation is 2. The van der Waals surface area contributed by atoms with Gasteiger partial charge in [-0.15, -0.1) is 10.2 Å². The molecule has 0 unspecified atom stereocenters. The SMILES string of the molecule is COCCCNC(=NCc1nnc(C)n1C)NC1CCN(c2ccc(C)cn2)CC1. The molecule has 164 valence electrons. The van der Waals surface area contributed by atoms with Crippen molar-refractivity contribution in [1.29, 1.82) is 0 Å². The Morgan fingerprint density at radius 3 is 2.67 bits per heavy atom. The third-order valence-electron chi connectivity index (χ3n) is 5.43. The fourth-order valence-electron chi connectivity index (χ4n) is 3.41. The maximum absolute atomic E-state index is 5.15. The van der Waals surface area contributed by atoms with Crippen molar-refractivity contribution < 1.29 is 4.74 Å². The molecule has 0 spiro atoms. The van der Waals surface area contributed by atoms with Gasteiger partial charge < -0.3 is 24.8 Å². The normalized spacial score (nSPS) is 15.5. The minimum absolute atomic E-state index is 0.376. The number of aliphatic imine (C=N–C) groups is 1. The molecule has 0 atom stereocenters. The maximum Gasteiger partial charge on any atom is 0.191 e. The first-order valence-electron chi connectivity index (χ1n) is 10.6. The molecule has 0 saturated carbocycles. The lowest BCUT2D eigenvalue weighted by molar-refractivity contribution is 0.195. The zero-order valence-corrected chi connectivity index (χ0v) is 18.6. The summed E-state index contributed by atoms with van der Waals surface area (Å²) >= 11 is 0. The van der Waals surface area contributed by atoms with E-state index in [9.17, 15) is 0 Å². The second kappa shape index (κ2) is 10.9. The zero-order valence-electron chi connectivity index (χ0n) is 18.6. The van der Waals surface area contributed by atoms with E-state index in [1.165, 1.54) is 5.56 Å². The van der Waals surface area contributed by atoms with E-state index in [4.69, 9.17) is 9.73 Å². The molecule has 0 aliphatic carbocycles. The van der Waals surface area contributed by atoms with Gasteiger partial charge in [-0.25, -0.2) is 9.98 Å². The van der Waals surface area contributed by atoms with Crippen LogP contribution in [0.25, 0.3) is 0 Å². The van der Waals surface area contributed by atoms with E-state index in [2.05, 4.69) is 49.8 Å². The molecule has 1 aliphatic heterocycles. The van der Waals surface area contributed by atoms with Crippen LogP contribution in [0.15, 0.2) is 23.3 Å². The molecule has 0 bridgehead atoms. The summed E-state index contributed by atoms with van der Waals surface area (Å²) in [6.07, 6.45) is 4.94. The Bertz CT molecular complexity index is 809. The highest BCUT2D eigenvalue weighted by molar-refractivity contribution is 5.80. The van der Waals surface area contributed by atoms with E-state index in [1.54, 1.807) is 7.11 Å². The molecule has 30 heavy (non-hydrogen) atoms. The highest BCUT2D eigenvalue weighted by Crippen LogP contribution is 2.18. The van der Waals surface area contributed by atoms with Crippen LogP contribution in [0.3, 0.4) is 0 Å². The average Bonchev–Trinajstić information content (AvgIpc) is 3.08. The van der Waals surface area contributed by atoms with Gasteiger partial charge in [-0.05, 0) is 44.7 Å². The molecule has 2 aromatic heterocycles. The van der Waals surface area contributed by atoms with Gasteiger partial charge in [-0.3, -0.25) is 0 Å². The number of nitrogens with zero attached hydrogens (tertiary/aromatic N) is 6. The fraction of sp³-hybridized carbons (Fsp3) is 0.619. The third kappa shape index (κ3) is 6.16. The Hall–Kier alpha value is -2.68. The van der Waals surface area contributed by atoms with Gasteiger partial charge in [0, 0.05) is 52.6 Å². The van der Waals surface area contributed by atoms with Gasteiger partial charge >= 0.3 is 0 Å². The van der Waals surface area contributed by atoms with Crippen molar-refractivity contribution >= 4 is 11.8 Å². The Labute approximate surface area is 179 Å². The number of nitrogens with one attached hydrogen (secondary N) is 2. The van der Waals surface area contributed by atoms with Crippen LogP contribution in [0.1, 0.15) is 36.5 Å². The summed E-state index contributed by atoms with van der Waals surface area (Å²) in [6, 6.07) is 4.60. The summed E-state index contributed by atoms with van der Waals surface area (Å²) < 4.78 is 7.12. The molecule has 2 aromatic rings. The number of guanidine groups is 1. The van der Waals surface area contributed by atoms with Crippen molar-refractivity contribution in [2.45, 2.75) is 45.7 Å². The van der Waals surface area contributed by atoms with E-state index < -0.39 is 0 Å².